The molecule has 0 spiro atoms. The number of benzene rings is 1. The minimum atomic E-state index is -0.343. The molecule has 2 rings (SSSR count). The molecule has 0 atom stereocenters. The number of rotatable bonds is 2. The fourth-order valence-electron chi connectivity index (χ4n) is 2.02. The maximum absolute atomic E-state index is 11.0. The van der Waals surface area contributed by atoms with E-state index in [4.69, 9.17) is 28.9 Å². The van der Waals surface area contributed by atoms with Crippen LogP contribution in [0, 0.1) is 0 Å². The molecule has 1 aliphatic heterocycles. The number of piperazine rings is 1. The number of hydrogen-bond acceptors (Lipinski definition) is 2. The minimum absolute atomic E-state index is 0. The van der Waals surface area contributed by atoms with Crippen LogP contribution in [0.5, 0.6) is 0 Å². The highest BCUT2D eigenvalue weighted by Crippen LogP contribution is 2.23. The van der Waals surface area contributed by atoms with Gasteiger partial charge >= 0.3 is 6.03 Å². The SMILES string of the molecule is Cl.NC(=O)N1CCN(Cc2ccc(Cl)c(Cl)c2)CC1. The summed E-state index contributed by atoms with van der Waals surface area (Å²) >= 11 is 11.9. The van der Waals surface area contributed by atoms with Gasteiger partial charge in [0.15, 0.2) is 0 Å². The Bertz CT molecular complexity index is 448. The van der Waals surface area contributed by atoms with E-state index in [2.05, 4.69) is 4.90 Å². The molecule has 0 radical (unpaired) electrons. The van der Waals surface area contributed by atoms with Crippen LogP contribution in [0.4, 0.5) is 4.79 Å². The second kappa shape index (κ2) is 7.20. The molecule has 0 aromatic heterocycles. The van der Waals surface area contributed by atoms with Crippen molar-refractivity contribution in [3.8, 4) is 0 Å². The Labute approximate surface area is 128 Å². The second-order valence-electron chi connectivity index (χ2n) is 4.35. The van der Waals surface area contributed by atoms with E-state index in [1.54, 1.807) is 11.0 Å². The number of carbonyl (C=O) groups excluding carboxylic acids is 1. The van der Waals surface area contributed by atoms with Gasteiger partial charge in [0.05, 0.1) is 10.0 Å². The van der Waals surface area contributed by atoms with Gasteiger partial charge < -0.3 is 10.6 Å². The molecule has 106 valence electrons. The molecular formula is C12H16Cl3N3O. The molecule has 19 heavy (non-hydrogen) atoms. The van der Waals surface area contributed by atoms with E-state index in [9.17, 15) is 4.79 Å². The smallest absolute Gasteiger partial charge is 0.314 e. The summed E-state index contributed by atoms with van der Waals surface area (Å²) in [5.41, 5.74) is 6.36. The average molecular weight is 325 g/mol. The fraction of sp³-hybridized carbons (Fsp3) is 0.417. The third-order valence-electron chi connectivity index (χ3n) is 3.07. The van der Waals surface area contributed by atoms with Crippen molar-refractivity contribution in [1.82, 2.24) is 9.80 Å². The summed E-state index contributed by atoms with van der Waals surface area (Å²) in [7, 11) is 0. The van der Waals surface area contributed by atoms with Crippen molar-refractivity contribution in [2.24, 2.45) is 5.73 Å². The Morgan fingerprint density at radius 1 is 1.16 bits per heavy atom. The zero-order valence-electron chi connectivity index (χ0n) is 10.3. The van der Waals surface area contributed by atoms with Crippen LogP contribution in [0.25, 0.3) is 0 Å². The number of nitrogens with zero attached hydrogens (tertiary/aromatic N) is 2. The van der Waals surface area contributed by atoms with Crippen molar-refractivity contribution >= 4 is 41.6 Å². The number of nitrogens with two attached hydrogens (primary N) is 1. The first kappa shape index (κ1) is 16.4. The van der Waals surface area contributed by atoms with Gasteiger partial charge in [-0.25, -0.2) is 4.79 Å². The lowest BCUT2D eigenvalue weighted by atomic mass is 10.2. The Morgan fingerprint density at radius 3 is 2.32 bits per heavy atom. The third kappa shape index (κ3) is 4.42. The van der Waals surface area contributed by atoms with E-state index in [1.807, 2.05) is 12.1 Å². The monoisotopic (exact) mass is 323 g/mol. The van der Waals surface area contributed by atoms with E-state index >= 15 is 0 Å². The average Bonchev–Trinajstić information content (AvgIpc) is 2.34. The van der Waals surface area contributed by atoms with Crippen LogP contribution in [0.1, 0.15) is 5.56 Å². The van der Waals surface area contributed by atoms with Crippen LogP contribution in [0.15, 0.2) is 18.2 Å². The highest BCUT2D eigenvalue weighted by atomic mass is 35.5. The number of urea groups is 1. The van der Waals surface area contributed by atoms with Crippen molar-refractivity contribution in [3.63, 3.8) is 0 Å². The molecule has 4 nitrogen and oxygen atoms in total. The van der Waals surface area contributed by atoms with Crippen LogP contribution < -0.4 is 5.73 Å². The standard InChI is InChI=1S/C12H15Cl2N3O.ClH/c13-10-2-1-9(7-11(10)14)8-16-3-5-17(6-4-16)12(15)18;/h1-2,7H,3-6,8H2,(H2,15,18);1H. The molecule has 1 fully saturated rings. The second-order valence-corrected chi connectivity index (χ2v) is 5.16. The van der Waals surface area contributed by atoms with Gasteiger partial charge in [-0.1, -0.05) is 29.3 Å². The van der Waals surface area contributed by atoms with Gasteiger partial charge in [-0.15, -0.1) is 12.4 Å². The van der Waals surface area contributed by atoms with Gasteiger partial charge in [-0.3, -0.25) is 4.90 Å². The normalized spacial score (nSPS) is 16.0. The Morgan fingerprint density at radius 2 is 1.79 bits per heavy atom. The van der Waals surface area contributed by atoms with E-state index in [1.165, 1.54) is 0 Å². The predicted octanol–water partition coefficient (Wildman–Crippen LogP) is 2.61. The molecule has 7 heteroatoms. The van der Waals surface area contributed by atoms with Crippen molar-refractivity contribution < 1.29 is 4.79 Å². The van der Waals surface area contributed by atoms with Gasteiger partial charge in [-0.05, 0) is 17.7 Å². The van der Waals surface area contributed by atoms with E-state index in [0.717, 1.165) is 25.2 Å². The number of amides is 2. The molecular weight excluding hydrogens is 309 g/mol. The third-order valence-corrected chi connectivity index (χ3v) is 3.81. The summed E-state index contributed by atoms with van der Waals surface area (Å²) in [6.45, 7) is 3.81. The minimum Gasteiger partial charge on any atom is -0.351 e. The Balaban J connectivity index is 0.00000180. The van der Waals surface area contributed by atoms with Gasteiger partial charge in [0.2, 0.25) is 0 Å². The molecule has 1 aliphatic rings. The van der Waals surface area contributed by atoms with Crippen molar-refractivity contribution in [2.75, 3.05) is 26.2 Å². The van der Waals surface area contributed by atoms with E-state index in [-0.39, 0.29) is 18.4 Å². The van der Waals surface area contributed by atoms with Crippen molar-refractivity contribution in [2.45, 2.75) is 6.54 Å². The highest BCUT2D eigenvalue weighted by Gasteiger charge is 2.19. The molecule has 0 aliphatic carbocycles. The Hall–Kier alpha value is -0.680. The molecule has 1 aromatic carbocycles. The lowest BCUT2D eigenvalue weighted by Gasteiger charge is -2.33. The number of hydrogen-bond donors (Lipinski definition) is 1. The zero-order valence-corrected chi connectivity index (χ0v) is 12.6. The molecule has 1 aromatic rings. The van der Waals surface area contributed by atoms with Crippen LogP contribution in [-0.4, -0.2) is 42.0 Å². The largest absolute Gasteiger partial charge is 0.351 e. The highest BCUT2D eigenvalue weighted by molar-refractivity contribution is 6.42. The first-order valence-electron chi connectivity index (χ1n) is 5.77. The fourth-order valence-corrected chi connectivity index (χ4v) is 2.34. The number of halogens is 3. The summed E-state index contributed by atoms with van der Waals surface area (Å²) in [4.78, 5) is 14.9. The van der Waals surface area contributed by atoms with E-state index < -0.39 is 0 Å². The van der Waals surface area contributed by atoms with Gasteiger partial charge in [0.25, 0.3) is 0 Å². The van der Waals surface area contributed by atoms with E-state index in [0.29, 0.717) is 23.1 Å². The Kier molecular flexibility index (Phi) is 6.20. The van der Waals surface area contributed by atoms with Crippen LogP contribution >= 0.6 is 35.6 Å². The molecule has 0 saturated carbocycles. The predicted molar refractivity (Wildman–Crippen MR) is 80.1 cm³/mol. The van der Waals surface area contributed by atoms with Gasteiger partial charge in [-0.2, -0.15) is 0 Å². The first-order chi connectivity index (χ1) is 8.56. The maximum Gasteiger partial charge on any atom is 0.314 e. The van der Waals surface area contributed by atoms with Crippen molar-refractivity contribution in [3.05, 3.63) is 33.8 Å². The van der Waals surface area contributed by atoms with Crippen LogP contribution in [0.3, 0.4) is 0 Å². The molecule has 0 bridgehead atoms. The molecule has 0 unspecified atom stereocenters. The quantitative estimate of drug-likeness (QED) is 0.909. The summed E-state index contributed by atoms with van der Waals surface area (Å²) in [6.07, 6.45) is 0. The summed E-state index contributed by atoms with van der Waals surface area (Å²) < 4.78 is 0. The van der Waals surface area contributed by atoms with Gasteiger partial charge in [0.1, 0.15) is 0 Å². The lowest BCUT2D eigenvalue weighted by molar-refractivity contribution is 0.140. The molecule has 2 amide bonds. The van der Waals surface area contributed by atoms with Crippen molar-refractivity contribution in [1.29, 1.82) is 0 Å². The molecule has 2 N–H and O–H groups in total. The van der Waals surface area contributed by atoms with Crippen LogP contribution in [0.2, 0.25) is 10.0 Å². The van der Waals surface area contributed by atoms with Crippen LogP contribution in [-0.2, 0) is 6.54 Å². The van der Waals surface area contributed by atoms with Gasteiger partial charge in [0, 0.05) is 32.7 Å². The summed E-state index contributed by atoms with van der Waals surface area (Å²) in [5.74, 6) is 0. The molecule has 1 saturated heterocycles. The maximum atomic E-state index is 11.0. The summed E-state index contributed by atoms with van der Waals surface area (Å²) in [5, 5.41) is 1.14. The number of carbonyl (C=O) groups is 1. The topological polar surface area (TPSA) is 49.6 Å². The zero-order chi connectivity index (χ0) is 13.1. The number of primary amides is 1. The summed E-state index contributed by atoms with van der Waals surface area (Å²) in [6, 6.07) is 5.31. The first-order valence-corrected chi connectivity index (χ1v) is 6.52. The lowest BCUT2D eigenvalue weighted by Crippen LogP contribution is -2.50. The molecule has 1 heterocycles.